The standard InChI is InChI=1S/C22H33F2N7O2/c1-11(2)17-19(32)29-16-12(3)25-20(30-18(16)31(17)4)26-14-9-15(10-14)28-21(33)27-13-5-7-22(23,24)8-6-13/h11,13-15,17H,5-10H2,1-4H3,(H,29,32)(H,25,26,30)(H2,27,28,33). The minimum Gasteiger partial charge on any atom is -0.351 e. The normalized spacial score (nSPS) is 26.8. The van der Waals surface area contributed by atoms with E-state index in [2.05, 4.69) is 31.2 Å². The van der Waals surface area contributed by atoms with E-state index in [-0.39, 0.29) is 54.9 Å². The largest absolute Gasteiger partial charge is 0.351 e. The summed E-state index contributed by atoms with van der Waals surface area (Å²) in [7, 11) is 1.87. The van der Waals surface area contributed by atoms with Crippen LogP contribution in [-0.2, 0) is 4.79 Å². The van der Waals surface area contributed by atoms with E-state index < -0.39 is 5.92 Å². The summed E-state index contributed by atoms with van der Waals surface area (Å²) in [6.07, 6.45) is 1.69. The molecule has 4 rings (SSSR count). The Morgan fingerprint density at radius 1 is 1.12 bits per heavy atom. The molecule has 0 aromatic carbocycles. The quantitative estimate of drug-likeness (QED) is 0.532. The zero-order valence-corrected chi connectivity index (χ0v) is 19.5. The molecule has 0 spiro atoms. The van der Waals surface area contributed by atoms with Crippen LogP contribution in [0.5, 0.6) is 0 Å². The Hall–Kier alpha value is -2.72. The van der Waals surface area contributed by atoms with Gasteiger partial charge in [-0.3, -0.25) is 4.79 Å². The molecule has 3 amide bonds. The van der Waals surface area contributed by atoms with Gasteiger partial charge in [0, 0.05) is 38.0 Å². The number of nitrogens with zero attached hydrogens (tertiary/aromatic N) is 3. The molecule has 1 unspecified atom stereocenters. The third-order valence-electron chi connectivity index (χ3n) is 6.83. The topological polar surface area (TPSA) is 111 Å². The number of urea groups is 1. The van der Waals surface area contributed by atoms with Gasteiger partial charge in [0.15, 0.2) is 5.82 Å². The fourth-order valence-corrected chi connectivity index (χ4v) is 4.91. The zero-order valence-electron chi connectivity index (χ0n) is 19.5. The van der Waals surface area contributed by atoms with Crippen LogP contribution in [0.3, 0.4) is 0 Å². The number of halogens is 2. The highest BCUT2D eigenvalue weighted by Crippen LogP contribution is 2.35. The van der Waals surface area contributed by atoms with Crippen LogP contribution in [0.1, 0.15) is 58.1 Å². The number of rotatable bonds is 5. The van der Waals surface area contributed by atoms with E-state index in [1.54, 1.807) is 0 Å². The first-order valence-corrected chi connectivity index (χ1v) is 11.7. The lowest BCUT2D eigenvalue weighted by Crippen LogP contribution is -2.54. The summed E-state index contributed by atoms with van der Waals surface area (Å²) < 4.78 is 26.5. The first-order chi connectivity index (χ1) is 15.5. The maximum absolute atomic E-state index is 13.3. The van der Waals surface area contributed by atoms with Crippen LogP contribution < -0.4 is 26.2 Å². The van der Waals surface area contributed by atoms with Crippen LogP contribution in [0.25, 0.3) is 0 Å². The summed E-state index contributed by atoms with van der Waals surface area (Å²) >= 11 is 0. The first kappa shape index (κ1) is 23.4. The Labute approximate surface area is 192 Å². The van der Waals surface area contributed by atoms with Crippen LogP contribution in [0.4, 0.5) is 31.0 Å². The third kappa shape index (κ3) is 5.11. The van der Waals surface area contributed by atoms with Gasteiger partial charge in [-0.1, -0.05) is 13.8 Å². The highest BCUT2D eigenvalue weighted by Gasteiger charge is 2.38. The molecule has 9 nitrogen and oxygen atoms in total. The second-order valence-electron chi connectivity index (χ2n) is 9.88. The average Bonchev–Trinajstić information content (AvgIpc) is 2.69. The van der Waals surface area contributed by atoms with Crippen molar-refractivity contribution in [1.29, 1.82) is 0 Å². The minimum atomic E-state index is -2.60. The Balaban J connectivity index is 1.28. The molecular weight excluding hydrogens is 432 g/mol. The van der Waals surface area contributed by atoms with Crippen molar-refractivity contribution >= 4 is 29.4 Å². The lowest BCUT2D eigenvalue weighted by Gasteiger charge is -2.38. The number of hydrogen-bond donors (Lipinski definition) is 4. The lowest BCUT2D eigenvalue weighted by molar-refractivity contribution is -0.118. The third-order valence-corrected chi connectivity index (χ3v) is 6.83. The minimum absolute atomic E-state index is 0.0125. The van der Waals surface area contributed by atoms with Gasteiger partial charge in [-0.05, 0) is 38.5 Å². The Morgan fingerprint density at radius 2 is 1.76 bits per heavy atom. The molecule has 2 saturated carbocycles. The van der Waals surface area contributed by atoms with Gasteiger partial charge in [-0.25, -0.2) is 18.6 Å². The van der Waals surface area contributed by atoms with Gasteiger partial charge >= 0.3 is 6.03 Å². The van der Waals surface area contributed by atoms with E-state index in [1.807, 2.05) is 32.7 Å². The van der Waals surface area contributed by atoms with E-state index in [0.717, 1.165) is 12.8 Å². The number of anilines is 3. The van der Waals surface area contributed by atoms with Gasteiger partial charge < -0.3 is 26.2 Å². The zero-order chi connectivity index (χ0) is 23.9. The van der Waals surface area contributed by atoms with Crippen LogP contribution in [0, 0.1) is 12.8 Å². The lowest BCUT2D eigenvalue weighted by atomic mass is 9.87. The van der Waals surface area contributed by atoms with Crippen molar-refractivity contribution in [2.75, 3.05) is 22.6 Å². The second-order valence-corrected chi connectivity index (χ2v) is 9.88. The van der Waals surface area contributed by atoms with Gasteiger partial charge in [-0.15, -0.1) is 0 Å². The molecule has 2 heterocycles. The number of carbonyl (C=O) groups is 2. The van der Waals surface area contributed by atoms with Crippen molar-refractivity contribution < 1.29 is 18.4 Å². The molecule has 11 heteroatoms. The summed E-state index contributed by atoms with van der Waals surface area (Å²) in [6, 6.07) is -0.667. The monoisotopic (exact) mass is 465 g/mol. The molecule has 3 aliphatic rings. The van der Waals surface area contributed by atoms with Crippen molar-refractivity contribution in [3.63, 3.8) is 0 Å². The van der Waals surface area contributed by atoms with E-state index in [1.165, 1.54) is 0 Å². The molecule has 1 aromatic rings. The van der Waals surface area contributed by atoms with Crippen molar-refractivity contribution in [1.82, 2.24) is 20.6 Å². The van der Waals surface area contributed by atoms with Crippen LogP contribution in [0.15, 0.2) is 0 Å². The highest BCUT2D eigenvalue weighted by molar-refractivity contribution is 6.03. The predicted molar refractivity (Wildman–Crippen MR) is 122 cm³/mol. The van der Waals surface area contributed by atoms with Crippen LogP contribution in [-0.4, -0.2) is 59.0 Å². The number of fused-ring (bicyclic) bond motifs is 1. The summed E-state index contributed by atoms with van der Waals surface area (Å²) in [5.74, 6) is -1.35. The molecule has 33 heavy (non-hydrogen) atoms. The van der Waals surface area contributed by atoms with Crippen molar-refractivity contribution in [2.45, 2.75) is 89.4 Å². The molecule has 182 valence electrons. The number of carbonyl (C=O) groups excluding carboxylic acids is 2. The molecule has 1 atom stereocenters. The van der Waals surface area contributed by atoms with E-state index in [4.69, 9.17) is 0 Å². The van der Waals surface area contributed by atoms with E-state index in [9.17, 15) is 18.4 Å². The van der Waals surface area contributed by atoms with Crippen molar-refractivity contribution in [3.8, 4) is 0 Å². The van der Waals surface area contributed by atoms with Crippen LogP contribution >= 0.6 is 0 Å². The molecule has 2 aliphatic carbocycles. The van der Waals surface area contributed by atoms with Gasteiger partial charge in [0.2, 0.25) is 17.8 Å². The average molecular weight is 466 g/mol. The molecule has 0 radical (unpaired) electrons. The van der Waals surface area contributed by atoms with E-state index in [0.29, 0.717) is 36.0 Å². The summed E-state index contributed by atoms with van der Waals surface area (Å²) in [5, 5.41) is 12.0. The number of aromatic nitrogens is 2. The SMILES string of the molecule is Cc1nc(NC2CC(NC(=O)NC3CCC(F)(F)CC3)C2)nc2c1NC(=O)C(C(C)C)N2C. The molecule has 2 fully saturated rings. The number of likely N-dealkylation sites (N-methyl/N-ethyl adjacent to an activating group) is 1. The Kier molecular flexibility index (Phi) is 6.32. The fraction of sp³-hybridized carbons (Fsp3) is 0.727. The number of aryl methyl sites for hydroxylation is 1. The van der Waals surface area contributed by atoms with Gasteiger partial charge in [0.25, 0.3) is 0 Å². The van der Waals surface area contributed by atoms with Gasteiger partial charge in [0.1, 0.15) is 11.7 Å². The predicted octanol–water partition coefficient (Wildman–Crippen LogP) is 3.02. The first-order valence-electron chi connectivity index (χ1n) is 11.7. The number of amides is 3. The molecule has 4 N–H and O–H groups in total. The molecule has 0 saturated heterocycles. The highest BCUT2D eigenvalue weighted by atomic mass is 19.3. The number of alkyl halides is 2. The molecule has 1 aliphatic heterocycles. The number of hydrogen-bond acceptors (Lipinski definition) is 6. The van der Waals surface area contributed by atoms with Gasteiger partial charge in [-0.2, -0.15) is 4.98 Å². The van der Waals surface area contributed by atoms with Gasteiger partial charge in [0.05, 0.1) is 5.69 Å². The molecule has 0 bridgehead atoms. The van der Waals surface area contributed by atoms with Crippen molar-refractivity contribution in [3.05, 3.63) is 5.69 Å². The smallest absolute Gasteiger partial charge is 0.315 e. The summed E-state index contributed by atoms with van der Waals surface area (Å²) in [5.41, 5.74) is 1.33. The van der Waals surface area contributed by atoms with E-state index >= 15 is 0 Å². The van der Waals surface area contributed by atoms with Crippen LogP contribution in [0.2, 0.25) is 0 Å². The molecule has 1 aromatic heterocycles. The maximum Gasteiger partial charge on any atom is 0.315 e. The van der Waals surface area contributed by atoms with Crippen molar-refractivity contribution in [2.24, 2.45) is 5.92 Å². The summed E-state index contributed by atoms with van der Waals surface area (Å²) in [6.45, 7) is 5.84. The maximum atomic E-state index is 13.3. The summed E-state index contributed by atoms with van der Waals surface area (Å²) in [4.78, 5) is 35.7. The Bertz CT molecular complexity index is 910. The Morgan fingerprint density at radius 3 is 2.39 bits per heavy atom. The molecular formula is C22H33F2N7O2. The second kappa shape index (κ2) is 8.90. The number of nitrogens with one attached hydrogen (secondary N) is 4. The fourth-order valence-electron chi connectivity index (χ4n) is 4.91.